The predicted octanol–water partition coefficient (Wildman–Crippen LogP) is 3.18. The second-order valence-electron chi connectivity index (χ2n) is 7.59. The molecule has 0 saturated carbocycles. The van der Waals surface area contributed by atoms with Gasteiger partial charge in [0.25, 0.3) is 5.91 Å². The normalized spacial score (nSPS) is 17.4. The van der Waals surface area contributed by atoms with Crippen molar-refractivity contribution in [3.8, 4) is 0 Å². The molecule has 0 aliphatic carbocycles. The van der Waals surface area contributed by atoms with Gasteiger partial charge in [0.2, 0.25) is 10.0 Å². The second kappa shape index (κ2) is 7.77. The number of benzene rings is 2. The van der Waals surface area contributed by atoms with Gasteiger partial charge in [-0.05, 0) is 55.0 Å². The minimum atomic E-state index is -3.75. The molecule has 3 aromatic rings. The SMILES string of the molecule is Cc1ccc(C(=O)N[C@@H]2CCN(S(=O)(=O)c3cccc4c(C)cncc34)C2)cc1F. The summed E-state index contributed by atoms with van der Waals surface area (Å²) >= 11 is 0. The van der Waals surface area contributed by atoms with Crippen molar-refractivity contribution >= 4 is 26.7 Å². The Bertz CT molecular complexity index is 1240. The van der Waals surface area contributed by atoms with E-state index in [0.29, 0.717) is 23.9 Å². The quantitative estimate of drug-likeness (QED) is 0.694. The van der Waals surface area contributed by atoms with Crippen molar-refractivity contribution in [2.45, 2.75) is 31.2 Å². The fourth-order valence-corrected chi connectivity index (χ4v) is 5.44. The Kier molecular flexibility index (Phi) is 5.29. The summed E-state index contributed by atoms with van der Waals surface area (Å²) in [4.78, 5) is 16.8. The van der Waals surface area contributed by atoms with E-state index in [1.807, 2.05) is 13.0 Å². The average molecular weight is 428 g/mol. The standard InChI is InChI=1S/C22H22FN3O3S/c1-14-6-7-16(10-20(14)23)22(27)25-17-8-9-26(13-17)30(28,29)21-5-3-4-18-15(2)11-24-12-19(18)21/h3-7,10-12,17H,8-9,13H2,1-2H3,(H,25,27)/t17-/m1/s1. The Balaban J connectivity index is 1.53. The van der Waals surface area contributed by atoms with E-state index in [1.54, 1.807) is 43.6 Å². The van der Waals surface area contributed by atoms with Crippen molar-refractivity contribution in [2.75, 3.05) is 13.1 Å². The fraction of sp³-hybridized carbons (Fsp3) is 0.273. The molecule has 156 valence electrons. The van der Waals surface area contributed by atoms with Gasteiger partial charge in [-0.15, -0.1) is 0 Å². The Morgan fingerprint density at radius 1 is 1.13 bits per heavy atom. The number of rotatable bonds is 4. The molecular weight excluding hydrogens is 405 g/mol. The number of amides is 1. The van der Waals surface area contributed by atoms with Gasteiger partial charge in [-0.2, -0.15) is 4.31 Å². The third kappa shape index (κ3) is 3.68. The van der Waals surface area contributed by atoms with Crippen LogP contribution in [0.15, 0.2) is 53.7 Å². The third-order valence-electron chi connectivity index (χ3n) is 5.50. The van der Waals surface area contributed by atoms with Gasteiger partial charge in [0.15, 0.2) is 0 Å². The van der Waals surface area contributed by atoms with Gasteiger partial charge >= 0.3 is 0 Å². The van der Waals surface area contributed by atoms with Crippen molar-refractivity contribution in [1.82, 2.24) is 14.6 Å². The monoisotopic (exact) mass is 427 g/mol. The molecule has 0 bridgehead atoms. The highest BCUT2D eigenvalue weighted by Crippen LogP contribution is 2.29. The summed E-state index contributed by atoms with van der Waals surface area (Å²) in [6.45, 7) is 3.98. The Morgan fingerprint density at radius 3 is 2.70 bits per heavy atom. The summed E-state index contributed by atoms with van der Waals surface area (Å²) in [5, 5.41) is 4.25. The van der Waals surface area contributed by atoms with Crippen LogP contribution in [0.1, 0.15) is 27.9 Å². The highest BCUT2D eigenvalue weighted by atomic mass is 32.2. The third-order valence-corrected chi connectivity index (χ3v) is 7.42. The molecule has 2 aromatic carbocycles. The number of hydrogen-bond acceptors (Lipinski definition) is 4. The van der Waals surface area contributed by atoms with Crippen LogP contribution < -0.4 is 5.32 Å². The van der Waals surface area contributed by atoms with Gasteiger partial charge in [0.1, 0.15) is 5.82 Å². The molecule has 30 heavy (non-hydrogen) atoms. The number of sulfonamides is 1. The van der Waals surface area contributed by atoms with Crippen molar-refractivity contribution in [3.05, 3.63) is 71.3 Å². The van der Waals surface area contributed by atoms with E-state index in [9.17, 15) is 17.6 Å². The van der Waals surface area contributed by atoms with Crippen LogP contribution in [-0.4, -0.2) is 42.7 Å². The molecule has 0 spiro atoms. The molecule has 4 rings (SSSR count). The predicted molar refractivity (Wildman–Crippen MR) is 112 cm³/mol. The molecule has 1 N–H and O–H groups in total. The summed E-state index contributed by atoms with van der Waals surface area (Å²) in [6, 6.07) is 9.14. The molecule has 1 atom stereocenters. The first kappa shape index (κ1) is 20.4. The van der Waals surface area contributed by atoms with E-state index in [-0.39, 0.29) is 23.0 Å². The van der Waals surface area contributed by atoms with Gasteiger partial charge in [-0.25, -0.2) is 12.8 Å². The first-order valence-corrected chi connectivity index (χ1v) is 11.1. The van der Waals surface area contributed by atoms with Crippen LogP contribution in [0, 0.1) is 19.7 Å². The molecule has 1 saturated heterocycles. The molecule has 1 aromatic heterocycles. The maximum absolute atomic E-state index is 13.7. The minimum Gasteiger partial charge on any atom is -0.348 e. The largest absolute Gasteiger partial charge is 0.348 e. The Morgan fingerprint density at radius 2 is 1.93 bits per heavy atom. The van der Waals surface area contributed by atoms with Crippen LogP contribution in [0.5, 0.6) is 0 Å². The number of halogens is 1. The smallest absolute Gasteiger partial charge is 0.251 e. The zero-order chi connectivity index (χ0) is 21.5. The topological polar surface area (TPSA) is 79.4 Å². The number of hydrogen-bond donors (Lipinski definition) is 1. The van der Waals surface area contributed by atoms with Gasteiger partial charge in [0, 0.05) is 42.5 Å². The highest BCUT2D eigenvalue weighted by molar-refractivity contribution is 7.89. The van der Waals surface area contributed by atoms with Crippen LogP contribution in [0.2, 0.25) is 0 Å². The maximum atomic E-state index is 13.7. The lowest BCUT2D eigenvalue weighted by atomic mass is 10.1. The molecule has 6 nitrogen and oxygen atoms in total. The van der Waals surface area contributed by atoms with E-state index < -0.39 is 21.7 Å². The van der Waals surface area contributed by atoms with Crippen molar-refractivity contribution in [2.24, 2.45) is 0 Å². The summed E-state index contributed by atoms with van der Waals surface area (Å²) in [6.07, 6.45) is 3.76. The molecule has 1 aliphatic rings. The molecule has 0 unspecified atom stereocenters. The van der Waals surface area contributed by atoms with Crippen LogP contribution in [0.4, 0.5) is 4.39 Å². The number of carbonyl (C=O) groups excluding carboxylic acids is 1. The molecular formula is C22H22FN3O3S. The molecule has 1 aliphatic heterocycles. The van der Waals surface area contributed by atoms with Gasteiger partial charge in [-0.1, -0.05) is 18.2 Å². The maximum Gasteiger partial charge on any atom is 0.251 e. The van der Waals surface area contributed by atoms with E-state index >= 15 is 0 Å². The molecule has 0 radical (unpaired) electrons. The molecule has 1 amide bonds. The van der Waals surface area contributed by atoms with E-state index in [4.69, 9.17) is 0 Å². The number of aryl methyl sites for hydroxylation is 2. The number of fused-ring (bicyclic) bond motifs is 1. The second-order valence-corrected chi connectivity index (χ2v) is 9.50. The molecule has 1 fully saturated rings. The summed E-state index contributed by atoms with van der Waals surface area (Å²) in [5.74, 6) is -0.860. The van der Waals surface area contributed by atoms with Crippen molar-refractivity contribution in [3.63, 3.8) is 0 Å². The lowest BCUT2D eigenvalue weighted by Gasteiger charge is -2.18. The lowest BCUT2D eigenvalue weighted by molar-refractivity contribution is 0.0938. The zero-order valence-electron chi connectivity index (χ0n) is 16.7. The Hall–Kier alpha value is -2.84. The van der Waals surface area contributed by atoms with Gasteiger partial charge in [-0.3, -0.25) is 9.78 Å². The highest BCUT2D eigenvalue weighted by Gasteiger charge is 2.34. The van der Waals surface area contributed by atoms with Crippen molar-refractivity contribution in [1.29, 1.82) is 0 Å². The van der Waals surface area contributed by atoms with Crippen LogP contribution in [0.3, 0.4) is 0 Å². The van der Waals surface area contributed by atoms with Crippen LogP contribution in [0.25, 0.3) is 10.8 Å². The Labute approximate surface area is 174 Å². The zero-order valence-corrected chi connectivity index (χ0v) is 17.5. The van der Waals surface area contributed by atoms with Gasteiger partial charge in [0.05, 0.1) is 4.90 Å². The summed E-state index contributed by atoms with van der Waals surface area (Å²) in [5.41, 5.74) is 1.58. The summed E-state index contributed by atoms with van der Waals surface area (Å²) in [7, 11) is -3.75. The van der Waals surface area contributed by atoms with E-state index in [1.165, 1.54) is 10.4 Å². The average Bonchev–Trinajstić information content (AvgIpc) is 3.19. The number of pyridine rings is 1. The number of aromatic nitrogens is 1. The van der Waals surface area contributed by atoms with E-state index in [2.05, 4.69) is 10.3 Å². The summed E-state index contributed by atoms with van der Waals surface area (Å²) < 4.78 is 41.7. The van der Waals surface area contributed by atoms with Gasteiger partial charge < -0.3 is 5.32 Å². The lowest BCUT2D eigenvalue weighted by Crippen LogP contribution is -2.38. The first-order valence-electron chi connectivity index (χ1n) is 9.68. The minimum absolute atomic E-state index is 0.165. The van der Waals surface area contributed by atoms with E-state index in [0.717, 1.165) is 10.9 Å². The number of carbonyl (C=O) groups is 1. The first-order chi connectivity index (χ1) is 14.3. The molecule has 2 heterocycles. The van der Waals surface area contributed by atoms with Crippen LogP contribution >= 0.6 is 0 Å². The molecule has 8 heteroatoms. The van der Waals surface area contributed by atoms with Crippen molar-refractivity contribution < 1.29 is 17.6 Å². The number of nitrogens with zero attached hydrogens (tertiary/aromatic N) is 2. The number of nitrogens with one attached hydrogen (secondary N) is 1. The van der Waals surface area contributed by atoms with Crippen LogP contribution in [-0.2, 0) is 10.0 Å². The fourth-order valence-electron chi connectivity index (χ4n) is 3.75.